The molecule has 1 aliphatic heterocycles. The zero-order chi connectivity index (χ0) is 22.9. The maximum atomic E-state index is 13.6. The molecule has 0 bridgehead atoms. The normalized spacial score (nSPS) is 19.3. The quantitative estimate of drug-likeness (QED) is 0.607. The third-order valence-electron chi connectivity index (χ3n) is 5.29. The highest BCUT2D eigenvalue weighted by Gasteiger charge is 2.28. The third kappa shape index (κ3) is 4.62. The minimum atomic E-state index is -0.717. The van der Waals surface area contributed by atoms with E-state index in [4.69, 9.17) is 9.72 Å². The summed E-state index contributed by atoms with van der Waals surface area (Å²) in [5.74, 6) is 0.0660. The van der Waals surface area contributed by atoms with Crippen LogP contribution in [0.3, 0.4) is 0 Å². The van der Waals surface area contributed by atoms with E-state index < -0.39 is 18.2 Å². The van der Waals surface area contributed by atoms with Gasteiger partial charge in [-0.25, -0.2) is 9.37 Å². The number of aliphatic hydroxyl groups is 1. The number of esters is 1. The van der Waals surface area contributed by atoms with Gasteiger partial charge in [0, 0.05) is 41.6 Å². The molecule has 32 heavy (non-hydrogen) atoms. The van der Waals surface area contributed by atoms with Crippen molar-refractivity contribution in [3.05, 3.63) is 66.5 Å². The molecule has 0 spiro atoms. The second kappa shape index (κ2) is 8.67. The number of aromatic nitrogens is 3. The Bertz CT molecular complexity index is 1130. The molecule has 1 saturated heterocycles. The predicted molar refractivity (Wildman–Crippen MR) is 120 cm³/mol. The van der Waals surface area contributed by atoms with Crippen molar-refractivity contribution in [3.8, 4) is 22.5 Å². The van der Waals surface area contributed by atoms with E-state index in [-0.39, 0.29) is 17.7 Å². The first-order valence-corrected chi connectivity index (χ1v) is 10.6. The Morgan fingerprint density at radius 1 is 1.12 bits per heavy atom. The molecule has 6 nitrogen and oxygen atoms in total. The summed E-state index contributed by atoms with van der Waals surface area (Å²) in [7, 11) is 0. The fraction of sp³-hybridized carbons (Fsp3) is 0.320. The lowest BCUT2D eigenvalue weighted by Gasteiger charge is -2.24. The number of cyclic esters (lactones) is 1. The van der Waals surface area contributed by atoms with Crippen LogP contribution in [0.15, 0.2) is 54.9 Å². The highest BCUT2D eigenvalue weighted by Crippen LogP contribution is 2.37. The van der Waals surface area contributed by atoms with Gasteiger partial charge in [0.2, 0.25) is 0 Å². The molecule has 2 aromatic heterocycles. The molecule has 0 aliphatic carbocycles. The van der Waals surface area contributed by atoms with Crippen LogP contribution < -0.4 is 0 Å². The summed E-state index contributed by atoms with van der Waals surface area (Å²) in [6, 6.07) is 10.0. The van der Waals surface area contributed by atoms with Crippen LogP contribution in [0.1, 0.15) is 39.4 Å². The summed E-state index contributed by atoms with van der Waals surface area (Å²) in [4.78, 5) is 20.8. The summed E-state index contributed by atoms with van der Waals surface area (Å²) in [5.41, 5.74) is 2.91. The molecule has 2 atom stereocenters. The minimum absolute atomic E-state index is 0.0135. The van der Waals surface area contributed by atoms with Gasteiger partial charge < -0.3 is 14.4 Å². The van der Waals surface area contributed by atoms with Gasteiger partial charge in [-0.3, -0.25) is 9.78 Å². The first kappa shape index (κ1) is 21.9. The highest BCUT2D eigenvalue weighted by atomic mass is 19.1. The number of carbonyl (C=O) groups excluding carboxylic acids is 1. The molecule has 3 aromatic rings. The van der Waals surface area contributed by atoms with Crippen molar-refractivity contribution < 1.29 is 19.0 Å². The second-order valence-electron chi connectivity index (χ2n) is 8.96. The number of rotatable bonds is 4. The van der Waals surface area contributed by atoms with Crippen LogP contribution in [0.5, 0.6) is 0 Å². The molecular formula is C25H26FN3O3. The number of aliphatic hydroxyl groups excluding tert-OH is 1. The molecule has 4 rings (SSSR count). The van der Waals surface area contributed by atoms with E-state index in [9.17, 15) is 14.3 Å². The first-order chi connectivity index (χ1) is 15.2. The van der Waals surface area contributed by atoms with Gasteiger partial charge in [-0.05, 0) is 42.5 Å². The lowest BCUT2D eigenvalue weighted by molar-refractivity contribution is -0.156. The maximum absolute atomic E-state index is 13.6. The van der Waals surface area contributed by atoms with E-state index >= 15 is 0 Å². The van der Waals surface area contributed by atoms with Gasteiger partial charge in [-0.1, -0.05) is 20.8 Å². The zero-order valence-corrected chi connectivity index (χ0v) is 18.3. The molecular weight excluding hydrogens is 409 g/mol. The van der Waals surface area contributed by atoms with Crippen LogP contribution in [-0.4, -0.2) is 37.8 Å². The minimum Gasteiger partial charge on any atom is -0.458 e. The lowest BCUT2D eigenvalue weighted by Crippen LogP contribution is -2.31. The van der Waals surface area contributed by atoms with Crippen molar-refractivity contribution >= 4 is 12.2 Å². The van der Waals surface area contributed by atoms with Gasteiger partial charge in [0.1, 0.15) is 17.7 Å². The van der Waals surface area contributed by atoms with Crippen LogP contribution >= 0.6 is 0 Å². The second-order valence-corrected chi connectivity index (χ2v) is 8.96. The predicted octanol–water partition coefficient (Wildman–Crippen LogP) is 4.59. The highest BCUT2D eigenvalue weighted by molar-refractivity contribution is 5.80. The van der Waals surface area contributed by atoms with Gasteiger partial charge >= 0.3 is 5.97 Å². The van der Waals surface area contributed by atoms with Gasteiger partial charge in [0.05, 0.1) is 23.9 Å². The monoisotopic (exact) mass is 435 g/mol. The van der Waals surface area contributed by atoms with Gasteiger partial charge in [0.15, 0.2) is 0 Å². The number of nitrogens with zero attached hydrogens (tertiary/aromatic N) is 3. The Kier molecular flexibility index (Phi) is 5.93. The molecule has 1 aliphatic rings. The van der Waals surface area contributed by atoms with Crippen molar-refractivity contribution in [3.63, 3.8) is 0 Å². The number of halogens is 1. The Morgan fingerprint density at radius 3 is 2.44 bits per heavy atom. The Labute approximate surface area is 186 Å². The Hall–Kier alpha value is -3.32. The fourth-order valence-electron chi connectivity index (χ4n) is 3.81. The molecule has 0 radical (unpaired) electrons. The molecule has 1 N–H and O–H groups in total. The van der Waals surface area contributed by atoms with E-state index in [2.05, 4.69) is 25.8 Å². The van der Waals surface area contributed by atoms with E-state index in [1.807, 2.05) is 22.9 Å². The number of imidazole rings is 1. The Morgan fingerprint density at radius 2 is 1.81 bits per heavy atom. The van der Waals surface area contributed by atoms with Crippen molar-refractivity contribution in [1.82, 2.24) is 14.5 Å². The summed E-state index contributed by atoms with van der Waals surface area (Å²) in [6.45, 7) is 6.19. The summed E-state index contributed by atoms with van der Waals surface area (Å²) in [5, 5.41) is 9.95. The lowest BCUT2D eigenvalue weighted by atomic mass is 9.95. The smallest absolute Gasteiger partial charge is 0.309 e. The summed E-state index contributed by atoms with van der Waals surface area (Å²) in [6.07, 6.45) is 6.15. The van der Waals surface area contributed by atoms with Crippen LogP contribution in [0.2, 0.25) is 0 Å². The number of ether oxygens (including phenoxy) is 1. The van der Waals surface area contributed by atoms with Gasteiger partial charge in [0.25, 0.3) is 0 Å². The van der Waals surface area contributed by atoms with E-state index in [0.29, 0.717) is 12.1 Å². The standard InChI is InChI=1S/C25H26FN3O3/c1-25(2,3)24-28-22(16-4-6-18(26)7-5-16)23(17-8-11-27-12-9-17)29(24)13-10-20-14-19(30)15-21(31)32-20/h4-13,19-20,30H,14-15H2,1-3H3/b13-10+/t19-,20-/m1/s1. The van der Waals surface area contributed by atoms with E-state index in [1.165, 1.54) is 12.1 Å². The topological polar surface area (TPSA) is 77.2 Å². The van der Waals surface area contributed by atoms with Crippen LogP contribution in [0.25, 0.3) is 28.7 Å². The van der Waals surface area contributed by atoms with Crippen LogP contribution in [-0.2, 0) is 14.9 Å². The molecule has 0 amide bonds. The fourth-order valence-corrected chi connectivity index (χ4v) is 3.81. The van der Waals surface area contributed by atoms with Gasteiger partial charge in [-0.15, -0.1) is 0 Å². The molecule has 166 valence electrons. The summed E-state index contributed by atoms with van der Waals surface area (Å²) < 4.78 is 20.9. The average molecular weight is 435 g/mol. The largest absolute Gasteiger partial charge is 0.458 e. The van der Waals surface area contributed by atoms with Crippen molar-refractivity contribution in [2.75, 3.05) is 0 Å². The van der Waals surface area contributed by atoms with Crippen molar-refractivity contribution in [2.24, 2.45) is 0 Å². The molecule has 1 aromatic carbocycles. The van der Waals surface area contributed by atoms with Crippen molar-refractivity contribution in [2.45, 2.75) is 51.2 Å². The number of hydrogen-bond donors (Lipinski definition) is 1. The molecule has 1 fully saturated rings. The van der Waals surface area contributed by atoms with Gasteiger partial charge in [-0.2, -0.15) is 0 Å². The van der Waals surface area contributed by atoms with Crippen LogP contribution in [0, 0.1) is 5.82 Å². The van der Waals surface area contributed by atoms with E-state index in [0.717, 1.165) is 22.6 Å². The number of benzene rings is 1. The number of hydrogen-bond acceptors (Lipinski definition) is 5. The van der Waals surface area contributed by atoms with E-state index in [1.54, 1.807) is 30.6 Å². The number of pyridine rings is 1. The molecule has 7 heteroatoms. The maximum Gasteiger partial charge on any atom is 0.309 e. The first-order valence-electron chi connectivity index (χ1n) is 10.6. The summed E-state index contributed by atoms with van der Waals surface area (Å²) >= 11 is 0. The molecule has 0 unspecified atom stereocenters. The average Bonchev–Trinajstić information content (AvgIpc) is 3.13. The Balaban J connectivity index is 1.89. The third-order valence-corrected chi connectivity index (χ3v) is 5.29. The van der Waals surface area contributed by atoms with Crippen molar-refractivity contribution in [1.29, 1.82) is 0 Å². The molecule has 0 saturated carbocycles. The zero-order valence-electron chi connectivity index (χ0n) is 18.3. The SMILES string of the molecule is CC(C)(C)c1nc(-c2ccc(F)cc2)c(-c2ccncc2)n1/C=C/[C@@H]1C[C@@H](O)CC(=O)O1. The van der Waals surface area contributed by atoms with Crippen LogP contribution in [0.4, 0.5) is 4.39 Å². The molecule has 3 heterocycles. The number of carbonyl (C=O) groups is 1.